The Kier molecular flexibility index (Phi) is 6.10. The highest BCUT2D eigenvalue weighted by Crippen LogP contribution is 2.14. The predicted molar refractivity (Wildman–Crippen MR) is 87.0 cm³/mol. The maximum atomic E-state index is 5.72. The summed E-state index contributed by atoms with van der Waals surface area (Å²) in [5, 5.41) is 0. The van der Waals surface area contributed by atoms with Crippen LogP contribution in [0, 0.1) is 0 Å². The Hall–Kier alpha value is -2.00. The molecule has 0 aliphatic carbocycles. The Morgan fingerprint density at radius 3 is 2.57 bits per heavy atom. The van der Waals surface area contributed by atoms with E-state index < -0.39 is 0 Å². The quantitative estimate of drug-likeness (QED) is 0.690. The first-order valence-electron chi connectivity index (χ1n) is 7.26. The molecule has 0 aromatic heterocycles. The summed E-state index contributed by atoms with van der Waals surface area (Å²) in [7, 11) is 3.79. The Morgan fingerprint density at radius 2 is 1.81 bits per heavy atom. The summed E-state index contributed by atoms with van der Waals surface area (Å²) in [6.45, 7) is 2.38. The van der Waals surface area contributed by atoms with Crippen LogP contribution in [0.1, 0.15) is 12.0 Å². The fourth-order valence-corrected chi connectivity index (χ4v) is 2.17. The molecule has 0 radical (unpaired) electrons. The number of para-hydroxylation sites is 1. The zero-order valence-corrected chi connectivity index (χ0v) is 12.8. The van der Waals surface area contributed by atoms with Crippen molar-refractivity contribution in [3.05, 3.63) is 60.2 Å². The van der Waals surface area contributed by atoms with Crippen molar-refractivity contribution in [3.63, 3.8) is 0 Å². The van der Waals surface area contributed by atoms with Gasteiger partial charge < -0.3 is 14.4 Å². The maximum Gasteiger partial charge on any atom is 0.119 e. The fraction of sp³-hybridized carbons (Fsp3) is 0.333. The molecule has 2 aromatic carbocycles. The molecule has 0 saturated heterocycles. The SMILES string of the molecule is COc1cccc(COCCCN(C)c2ccccc2)c1. The molecular weight excluding hydrogens is 262 g/mol. The molecule has 0 heterocycles. The number of benzene rings is 2. The number of anilines is 1. The third-order valence-corrected chi connectivity index (χ3v) is 3.38. The molecule has 2 rings (SSSR count). The second-order valence-corrected chi connectivity index (χ2v) is 5.01. The maximum absolute atomic E-state index is 5.72. The van der Waals surface area contributed by atoms with Crippen molar-refractivity contribution in [1.29, 1.82) is 0 Å². The average Bonchev–Trinajstić information content (AvgIpc) is 2.55. The van der Waals surface area contributed by atoms with E-state index in [2.05, 4.69) is 42.3 Å². The lowest BCUT2D eigenvalue weighted by molar-refractivity contribution is 0.119. The molecule has 0 atom stereocenters. The predicted octanol–water partition coefficient (Wildman–Crippen LogP) is 3.74. The van der Waals surface area contributed by atoms with Crippen LogP contribution >= 0.6 is 0 Å². The third-order valence-electron chi connectivity index (χ3n) is 3.38. The summed E-state index contributed by atoms with van der Waals surface area (Å²) in [4.78, 5) is 2.24. The van der Waals surface area contributed by atoms with E-state index in [1.165, 1.54) is 5.69 Å². The summed E-state index contributed by atoms with van der Waals surface area (Å²) in [5.74, 6) is 0.875. The third kappa shape index (κ3) is 5.12. The zero-order chi connectivity index (χ0) is 14.9. The van der Waals surface area contributed by atoms with Crippen molar-refractivity contribution < 1.29 is 9.47 Å². The van der Waals surface area contributed by atoms with Crippen molar-refractivity contribution in [3.8, 4) is 5.75 Å². The standard InChI is InChI=1S/C18H23NO2/c1-19(17-9-4-3-5-10-17)12-7-13-21-15-16-8-6-11-18(14-16)20-2/h3-6,8-11,14H,7,12-13,15H2,1-2H3. The molecule has 0 N–H and O–H groups in total. The molecule has 21 heavy (non-hydrogen) atoms. The highest BCUT2D eigenvalue weighted by molar-refractivity contribution is 5.44. The highest BCUT2D eigenvalue weighted by atomic mass is 16.5. The first kappa shape index (κ1) is 15.4. The van der Waals surface area contributed by atoms with E-state index >= 15 is 0 Å². The lowest BCUT2D eigenvalue weighted by atomic mass is 10.2. The normalized spacial score (nSPS) is 10.4. The van der Waals surface area contributed by atoms with Gasteiger partial charge in [0, 0.05) is 25.9 Å². The van der Waals surface area contributed by atoms with Gasteiger partial charge in [-0.15, -0.1) is 0 Å². The van der Waals surface area contributed by atoms with E-state index in [9.17, 15) is 0 Å². The summed E-state index contributed by atoms with van der Waals surface area (Å²) in [6, 6.07) is 18.4. The van der Waals surface area contributed by atoms with Crippen molar-refractivity contribution >= 4 is 5.69 Å². The Morgan fingerprint density at radius 1 is 1.00 bits per heavy atom. The Labute approximate surface area is 127 Å². The van der Waals surface area contributed by atoms with Crippen molar-refractivity contribution in [2.45, 2.75) is 13.0 Å². The minimum atomic E-state index is 0.631. The molecule has 0 spiro atoms. The Bertz CT molecular complexity index is 528. The van der Waals surface area contributed by atoms with Crippen LogP contribution in [-0.4, -0.2) is 27.3 Å². The van der Waals surface area contributed by atoms with Gasteiger partial charge in [-0.3, -0.25) is 0 Å². The van der Waals surface area contributed by atoms with E-state index in [4.69, 9.17) is 9.47 Å². The van der Waals surface area contributed by atoms with Gasteiger partial charge in [0.2, 0.25) is 0 Å². The molecule has 0 aliphatic heterocycles. The van der Waals surface area contributed by atoms with Crippen LogP contribution < -0.4 is 9.64 Å². The molecule has 0 amide bonds. The van der Waals surface area contributed by atoms with Gasteiger partial charge in [-0.2, -0.15) is 0 Å². The van der Waals surface area contributed by atoms with Crippen molar-refractivity contribution in [2.24, 2.45) is 0 Å². The number of ether oxygens (including phenoxy) is 2. The summed E-state index contributed by atoms with van der Waals surface area (Å²) in [6.07, 6.45) is 1.01. The van der Waals surface area contributed by atoms with Gasteiger partial charge >= 0.3 is 0 Å². The smallest absolute Gasteiger partial charge is 0.119 e. The van der Waals surface area contributed by atoms with Crippen LogP contribution in [0.15, 0.2) is 54.6 Å². The minimum absolute atomic E-state index is 0.631. The van der Waals surface area contributed by atoms with Gasteiger partial charge in [0.25, 0.3) is 0 Å². The Balaban J connectivity index is 1.66. The number of methoxy groups -OCH3 is 1. The van der Waals surface area contributed by atoms with Crippen LogP contribution in [0.2, 0.25) is 0 Å². The molecule has 0 saturated carbocycles. The molecule has 0 fully saturated rings. The molecule has 3 nitrogen and oxygen atoms in total. The number of nitrogens with zero attached hydrogens (tertiary/aromatic N) is 1. The molecular formula is C18H23NO2. The summed E-state index contributed by atoms with van der Waals surface area (Å²) < 4.78 is 10.9. The number of hydrogen-bond donors (Lipinski definition) is 0. The fourth-order valence-electron chi connectivity index (χ4n) is 2.17. The monoisotopic (exact) mass is 285 g/mol. The van der Waals surface area contributed by atoms with E-state index in [0.29, 0.717) is 6.61 Å². The number of hydrogen-bond acceptors (Lipinski definition) is 3. The lowest BCUT2D eigenvalue weighted by Gasteiger charge is -2.19. The lowest BCUT2D eigenvalue weighted by Crippen LogP contribution is -2.19. The van der Waals surface area contributed by atoms with Crippen LogP contribution in [0.25, 0.3) is 0 Å². The summed E-state index contributed by atoms with van der Waals surface area (Å²) in [5.41, 5.74) is 2.39. The molecule has 0 bridgehead atoms. The van der Waals surface area contributed by atoms with Crippen LogP contribution in [-0.2, 0) is 11.3 Å². The van der Waals surface area contributed by atoms with Gasteiger partial charge in [-0.25, -0.2) is 0 Å². The van der Waals surface area contributed by atoms with Crippen molar-refractivity contribution in [2.75, 3.05) is 32.2 Å². The topological polar surface area (TPSA) is 21.7 Å². The molecule has 112 valence electrons. The van der Waals surface area contributed by atoms with E-state index in [-0.39, 0.29) is 0 Å². The molecule has 2 aromatic rings. The first-order chi connectivity index (χ1) is 10.3. The molecule has 0 aliphatic rings. The van der Waals surface area contributed by atoms with Crippen LogP contribution in [0.4, 0.5) is 5.69 Å². The largest absolute Gasteiger partial charge is 0.497 e. The second kappa shape index (κ2) is 8.32. The van der Waals surface area contributed by atoms with E-state index in [1.54, 1.807) is 7.11 Å². The van der Waals surface area contributed by atoms with Crippen LogP contribution in [0.3, 0.4) is 0 Å². The molecule has 0 unspecified atom stereocenters. The van der Waals surface area contributed by atoms with Gasteiger partial charge in [-0.1, -0.05) is 30.3 Å². The highest BCUT2D eigenvalue weighted by Gasteiger charge is 2.00. The number of rotatable bonds is 8. The van der Waals surface area contributed by atoms with Gasteiger partial charge in [0.05, 0.1) is 13.7 Å². The van der Waals surface area contributed by atoms with Gasteiger partial charge in [-0.05, 0) is 36.2 Å². The second-order valence-electron chi connectivity index (χ2n) is 5.01. The average molecular weight is 285 g/mol. The van der Waals surface area contributed by atoms with E-state index in [1.807, 2.05) is 24.3 Å². The van der Waals surface area contributed by atoms with Gasteiger partial charge in [0.15, 0.2) is 0 Å². The summed E-state index contributed by atoms with van der Waals surface area (Å²) >= 11 is 0. The minimum Gasteiger partial charge on any atom is -0.497 e. The van der Waals surface area contributed by atoms with Crippen molar-refractivity contribution in [1.82, 2.24) is 0 Å². The molecule has 3 heteroatoms. The van der Waals surface area contributed by atoms with Gasteiger partial charge in [0.1, 0.15) is 5.75 Å². The van der Waals surface area contributed by atoms with Crippen LogP contribution in [0.5, 0.6) is 5.75 Å². The first-order valence-corrected chi connectivity index (χ1v) is 7.26. The van der Waals surface area contributed by atoms with E-state index in [0.717, 1.165) is 30.9 Å². The zero-order valence-electron chi connectivity index (χ0n) is 12.8.